The molecule has 1 heterocycles. The van der Waals surface area contributed by atoms with Crippen LogP contribution in [-0.4, -0.2) is 22.7 Å². The van der Waals surface area contributed by atoms with E-state index in [2.05, 4.69) is 9.98 Å². The Balaban J connectivity index is 2.10. The van der Waals surface area contributed by atoms with Gasteiger partial charge in [-0.3, -0.25) is 4.90 Å². The molecule has 0 aromatic heterocycles. The molecule has 2 aliphatic rings. The molecule has 0 amide bonds. The number of rotatable bonds is 1. The zero-order valence-electron chi connectivity index (χ0n) is 11.6. The summed E-state index contributed by atoms with van der Waals surface area (Å²) in [5.74, 6) is -0.433. The Bertz CT molecular complexity index is 622. The van der Waals surface area contributed by atoms with Crippen LogP contribution in [0.3, 0.4) is 0 Å². The number of anilines is 1. The lowest BCUT2D eigenvalue weighted by Crippen LogP contribution is -2.58. The second kappa shape index (κ2) is 4.91. The van der Waals surface area contributed by atoms with Gasteiger partial charge in [-0.1, -0.05) is 6.42 Å². The third-order valence-electron chi connectivity index (χ3n) is 4.02. The monoisotopic (exact) mass is 291 g/mol. The molecule has 1 aromatic rings. The zero-order chi connectivity index (χ0) is 15.0. The first-order valence-electron chi connectivity index (χ1n) is 7.00. The Labute approximate surface area is 122 Å². The van der Waals surface area contributed by atoms with E-state index < -0.39 is 11.5 Å². The Morgan fingerprint density at radius 1 is 1.19 bits per heavy atom. The second-order valence-electron chi connectivity index (χ2n) is 5.45. The molecule has 3 rings (SSSR count). The summed E-state index contributed by atoms with van der Waals surface area (Å²) >= 11 is 0. The fourth-order valence-electron chi connectivity index (χ4n) is 3.15. The van der Waals surface area contributed by atoms with Crippen molar-refractivity contribution in [3.63, 3.8) is 0 Å². The quantitative estimate of drug-likeness (QED) is 0.732. The van der Waals surface area contributed by atoms with Crippen LogP contribution in [0.5, 0.6) is 5.75 Å². The highest BCUT2D eigenvalue weighted by Gasteiger charge is 2.43. The van der Waals surface area contributed by atoms with Gasteiger partial charge in [0.15, 0.2) is 5.82 Å². The first kappa shape index (κ1) is 13.7. The minimum absolute atomic E-state index is 0.129. The highest BCUT2D eigenvalue weighted by atomic mass is 19.1. The molecule has 0 radical (unpaired) electrons. The number of guanidine groups is 2. The normalized spacial score (nSPS) is 21.1. The van der Waals surface area contributed by atoms with Crippen molar-refractivity contribution >= 4 is 17.6 Å². The minimum atomic E-state index is -0.675. The van der Waals surface area contributed by atoms with Crippen molar-refractivity contribution in [2.45, 2.75) is 37.8 Å². The Hall–Kier alpha value is -2.31. The van der Waals surface area contributed by atoms with Crippen LogP contribution in [-0.2, 0) is 0 Å². The Morgan fingerprint density at radius 2 is 1.90 bits per heavy atom. The van der Waals surface area contributed by atoms with Gasteiger partial charge in [0.2, 0.25) is 11.9 Å². The predicted molar refractivity (Wildman–Crippen MR) is 79.6 cm³/mol. The molecule has 7 heteroatoms. The number of benzene rings is 1. The van der Waals surface area contributed by atoms with E-state index in [-0.39, 0.29) is 23.4 Å². The van der Waals surface area contributed by atoms with E-state index in [1.54, 1.807) is 4.90 Å². The van der Waals surface area contributed by atoms with E-state index in [1.165, 1.54) is 12.1 Å². The first-order chi connectivity index (χ1) is 10.0. The van der Waals surface area contributed by atoms with Crippen molar-refractivity contribution in [1.82, 2.24) is 0 Å². The van der Waals surface area contributed by atoms with Crippen molar-refractivity contribution in [3.05, 3.63) is 24.0 Å². The number of hydrogen-bond acceptors (Lipinski definition) is 6. The lowest BCUT2D eigenvalue weighted by molar-refractivity contribution is 0.303. The average Bonchev–Trinajstić information content (AvgIpc) is 2.41. The lowest BCUT2D eigenvalue weighted by Gasteiger charge is -2.45. The maximum atomic E-state index is 14.3. The molecule has 21 heavy (non-hydrogen) atoms. The van der Waals surface area contributed by atoms with Gasteiger partial charge in [-0.2, -0.15) is 4.99 Å². The minimum Gasteiger partial charge on any atom is -0.508 e. The summed E-state index contributed by atoms with van der Waals surface area (Å²) in [4.78, 5) is 10.0. The standard InChI is InChI=1S/C14H18FN5O/c15-10-8-9(21)4-5-11(10)20-13(17)18-12(16)19-14(20)6-2-1-3-7-14/h4-5,8,21H,1-3,6-7H2,(H4,16,17,18,19). The highest BCUT2D eigenvalue weighted by Crippen LogP contribution is 2.40. The van der Waals surface area contributed by atoms with Gasteiger partial charge in [0.05, 0.1) is 5.69 Å². The molecular weight excluding hydrogens is 273 g/mol. The zero-order valence-corrected chi connectivity index (χ0v) is 11.6. The number of phenols is 1. The van der Waals surface area contributed by atoms with Crippen molar-refractivity contribution in [2.24, 2.45) is 21.5 Å². The van der Waals surface area contributed by atoms with Crippen molar-refractivity contribution in [3.8, 4) is 5.75 Å². The van der Waals surface area contributed by atoms with Gasteiger partial charge in [0.25, 0.3) is 0 Å². The molecule has 5 N–H and O–H groups in total. The maximum absolute atomic E-state index is 14.3. The SMILES string of the molecule is NC1=NC2(CCCCC2)N(c2ccc(O)cc2F)C(N)=N1. The molecule has 0 unspecified atom stereocenters. The summed E-state index contributed by atoms with van der Waals surface area (Å²) in [6, 6.07) is 3.96. The fraction of sp³-hybridized carbons (Fsp3) is 0.429. The van der Waals surface area contributed by atoms with E-state index in [1.807, 2.05) is 0 Å². The summed E-state index contributed by atoms with van der Waals surface area (Å²) in [7, 11) is 0. The average molecular weight is 291 g/mol. The topological polar surface area (TPSA) is 100 Å². The number of hydrogen-bond donors (Lipinski definition) is 3. The van der Waals surface area contributed by atoms with Gasteiger partial charge >= 0.3 is 0 Å². The van der Waals surface area contributed by atoms with Crippen molar-refractivity contribution in [2.75, 3.05) is 4.90 Å². The smallest absolute Gasteiger partial charge is 0.220 e. The van der Waals surface area contributed by atoms with E-state index in [0.717, 1.165) is 38.2 Å². The number of aliphatic imine (C=N–C) groups is 2. The largest absolute Gasteiger partial charge is 0.508 e. The van der Waals surface area contributed by atoms with Crippen LogP contribution in [0.4, 0.5) is 10.1 Å². The Morgan fingerprint density at radius 3 is 2.57 bits per heavy atom. The number of phenolic OH excluding ortho intramolecular Hbond substituents is 1. The van der Waals surface area contributed by atoms with E-state index in [9.17, 15) is 9.50 Å². The molecule has 0 saturated heterocycles. The first-order valence-corrected chi connectivity index (χ1v) is 7.00. The van der Waals surface area contributed by atoms with Crippen LogP contribution < -0.4 is 16.4 Å². The van der Waals surface area contributed by atoms with Gasteiger partial charge in [0, 0.05) is 6.07 Å². The molecule has 1 aliphatic heterocycles. The molecule has 0 atom stereocenters. The third kappa shape index (κ3) is 2.28. The van der Waals surface area contributed by atoms with Crippen LogP contribution in [0.1, 0.15) is 32.1 Å². The maximum Gasteiger partial charge on any atom is 0.220 e. The van der Waals surface area contributed by atoms with Gasteiger partial charge in [-0.15, -0.1) is 0 Å². The molecule has 1 fully saturated rings. The molecule has 112 valence electrons. The molecule has 1 spiro atoms. The van der Waals surface area contributed by atoms with Crippen LogP contribution in [0.25, 0.3) is 0 Å². The molecule has 1 aliphatic carbocycles. The molecule has 6 nitrogen and oxygen atoms in total. The third-order valence-corrected chi connectivity index (χ3v) is 4.02. The molecule has 1 aromatic carbocycles. The number of nitrogens with two attached hydrogens (primary N) is 2. The highest BCUT2D eigenvalue weighted by molar-refractivity contribution is 6.05. The van der Waals surface area contributed by atoms with Gasteiger partial charge in [-0.25, -0.2) is 9.38 Å². The van der Waals surface area contributed by atoms with E-state index in [4.69, 9.17) is 11.5 Å². The molecule has 0 bridgehead atoms. The summed E-state index contributed by atoms with van der Waals surface area (Å²) in [5, 5.41) is 9.38. The van der Waals surface area contributed by atoms with Crippen molar-refractivity contribution in [1.29, 1.82) is 0 Å². The van der Waals surface area contributed by atoms with Crippen LogP contribution in [0.15, 0.2) is 28.2 Å². The fourth-order valence-corrected chi connectivity index (χ4v) is 3.15. The van der Waals surface area contributed by atoms with Gasteiger partial charge in [-0.05, 0) is 37.8 Å². The lowest BCUT2D eigenvalue weighted by atomic mass is 9.87. The van der Waals surface area contributed by atoms with Crippen LogP contribution in [0.2, 0.25) is 0 Å². The summed E-state index contributed by atoms with van der Waals surface area (Å²) in [6.45, 7) is 0. The number of halogens is 1. The second-order valence-corrected chi connectivity index (χ2v) is 5.45. The van der Waals surface area contributed by atoms with Gasteiger partial charge < -0.3 is 16.6 Å². The van der Waals surface area contributed by atoms with Gasteiger partial charge in [0.1, 0.15) is 11.4 Å². The van der Waals surface area contributed by atoms with E-state index >= 15 is 0 Å². The predicted octanol–water partition coefficient (Wildman–Crippen LogP) is 1.64. The van der Waals surface area contributed by atoms with Crippen molar-refractivity contribution < 1.29 is 9.50 Å². The Kier molecular flexibility index (Phi) is 3.19. The summed E-state index contributed by atoms with van der Waals surface area (Å²) in [5.41, 5.74) is 11.3. The van der Waals surface area contributed by atoms with E-state index in [0.29, 0.717) is 0 Å². The van der Waals surface area contributed by atoms with Crippen LogP contribution >= 0.6 is 0 Å². The molecule has 1 saturated carbocycles. The molecular formula is C14H18FN5O. The summed E-state index contributed by atoms with van der Waals surface area (Å²) in [6.07, 6.45) is 4.54. The number of aromatic hydroxyl groups is 1. The van der Waals surface area contributed by atoms with Crippen LogP contribution in [0, 0.1) is 5.82 Å². The summed E-state index contributed by atoms with van der Waals surface area (Å²) < 4.78 is 14.3. The number of nitrogens with zero attached hydrogens (tertiary/aromatic N) is 3.